The summed E-state index contributed by atoms with van der Waals surface area (Å²) in [6.07, 6.45) is 6.18. The number of carbonyl (C=O) groups excluding carboxylic acids is 3. The fraction of sp³-hybridized carbons (Fsp3) is 0.471. The smallest absolute Gasteiger partial charge is 0.328 e. The lowest BCUT2D eigenvalue weighted by Gasteiger charge is -2.09. The molecule has 1 aliphatic rings. The Morgan fingerprint density at radius 3 is 2.83 bits per heavy atom. The maximum Gasteiger partial charge on any atom is 0.328 e. The van der Waals surface area contributed by atoms with Crippen LogP contribution in [0.3, 0.4) is 0 Å². The van der Waals surface area contributed by atoms with E-state index in [0.29, 0.717) is 31.8 Å². The first-order valence-corrected chi connectivity index (χ1v) is 8.52. The van der Waals surface area contributed by atoms with Crippen molar-refractivity contribution >= 4 is 33.6 Å². The van der Waals surface area contributed by atoms with Gasteiger partial charge in [-0.25, -0.2) is 4.79 Å². The van der Waals surface area contributed by atoms with Crippen LogP contribution in [-0.2, 0) is 23.9 Å². The highest BCUT2D eigenvalue weighted by Gasteiger charge is 2.28. The molecule has 1 amide bonds. The zero-order valence-electron chi connectivity index (χ0n) is 13.7. The summed E-state index contributed by atoms with van der Waals surface area (Å²) in [5.74, 6) is -0.486. The number of halogens is 1. The van der Waals surface area contributed by atoms with Gasteiger partial charge in [0.05, 0.1) is 19.6 Å². The van der Waals surface area contributed by atoms with Gasteiger partial charge >= 0.3 is 5.97 Å². The molecular formula is C17H22BrNO5. The topological polar surface area (TPSA) is 81.7 Å². The molecule has 1 saturated heterocycles. The molecule has 1 N–H and O–H groups in total. The molecular weight excluding hydrogens is 378 g/mol. The van der Waals surface area contributed by atoms with E-state index in [9.17, 15) is 14.4 Å². The van der Waals surface area contributed by atoms with E-state index in [2.05, 4.69) is 27.8 Å². The van der Waals surface area contributed by atoms with Crippen molar-refractivity contribution < 1.29 is 23.9 Å². The maximum atomic E-state index is 11.8. The molecule has 132 valence electrons. The molecule has 1 fully saturated rings. The van der Waals surface area contributed by atoms with Crippen molar-refractivity contribution in [3.63, 3.8) is 0 Å². The number of hydrogen-bond donors (Lipinski definition) is 1. The number of amides is 1. The van der Waals surface area contributed by atoms with Gasteiger partial charge in [-0.2, -0.15) is 0 Å². The first-order valence-electron chi connectivity index (χ1n) is 7.72. The number of carbonyl (C=O) groups is 3. The van der Waals surface area contributed by atoms with Crippen molar-refractivity contribution in [1.29, 1.82) is 0 Å². The summed E-state index contributed by atoms with van der Waals surface area (Å²) in [7, 11) is 0. The van der Waals surface area contributed by atoms with Gasteiger partial charge in [-0.3, -0.25) is 9.59 Å². The molecule has 0 unspecified atom stereocenters. The minimum absolute atomic E-state index is 0.193. The summed E-state index contributed by atoms with van der Waals surface area (Å²) in [6, 6.07) is -0.626. The second kappa shape index (κ2) is 10.8. The monoisotopic (exact) mass is 399 g/mol. The first-order chi connectivity index (χ1) is 11.5. The van der Waals surface area contributed by atoms with Gasteiger partial charge in [-0.1, -0.05) is 28.6 Å². The number of Topliss-reactive ketones (excluding diaryl/α,β-unsaturated/α-hetero) is 1. The van der Waals surface area contributed by atoms with Crippen molar-refractivity contribution in [2.45, 2.75) is 38.6 Å². The van der Waals surface area contributed by atoms with E-state index in [1.807, 2.05) is 13.0 Å². The zero-order chi connectivity index (χ0) is 17.9. The quantitative estimate of drug-likeness (QED) is 0.200. The molecule has 0 aliphatic carbocycles. The molecule has 1 atom stereocenters. The number of rotatable bonds is 10. The van der Waals surface area contributed by atoms with Crippen LogP contribution in [0.1, 0.15) is 32.6 Å². The number of cyclic esters (lactones) is 1. The van der Waals surface area contributed by atoms with Gasteiger partial charge in [0.2, 0.25) is 5.91 Å². The summed E-state index contributed by atoms with van der Waals surface area (Å²) >= 11 is 3.34. The van der Waals surface area contributed by atoms with Gasteiger partial charge < -0.3 is 14.8 Å². The van der Waals surface area contributed by atoms with Crippen molar-refractivity contribution in [3.05, 3.63) is 35.0 Å². The average Bonchev–Trinajstić information content (AvgIpc) is 2.94. The molecule has 0 aromatic heterocycles. The molecule has 6 nitrogen and oxygen atoms in total. The summed E-state index contributed by atoms with van der Waals surface area (Å²) in [5.41, 5.74) is 0. The second-order valence-electron chi connectivity index (χ2n) is 5.17. The average molecular weight is 400 g/mol. The van der Waals surface area contributed by atoms with Crippen LogP contribution in [0.2, 0.25) is 0 Å². The van der Waals surface area contributed by atoms with Crippen LogP contribution in [0.15, 0.2) is 35.0 Å². The van der Waals surface area contributed by atoms with Gasteiger partial charge in [0.25, 0.3) is 0 Å². The minimum Gasteiger partial charge on any atom is -0.494 e. The molecule has 0 radical (unpaired) electrons. The summed E-state index contributed by atoms with van der Waals surface area (Å²) in [6.45, 7) is 6.20. The Morgan fingerprint density at radius 2 is 2.25 bits per heavy atom. The lowest BCUT2D eigenvalue weighted by molar-refractivity contribution is -0.142. The minimum atomic E-state index is -0.626. The second-order valence-corrected chi connectivity index (χ2v) is 6.08. The van der Waals surface area contributed by atoms with E-state index in [0.717, 1.165) is 4.48 Å². The first kappa shape index (κ1) is 20.2. The SMILES string of the molecule is C=C/C(=C\C(Br)=C/C)OCCCC(=O)CC(=O)N[C@H]1CCOC1=O. The highest BCUT2D eigenvalue weighted by molar-refractivity contribution is 9.11. The Morgan fingerprint density at radius 1 is 1.50 bits per heavy atom. The molecule has 0 aromatic carbocycles. The van der Waals surface area contributed by atoms with E-state index in [-0.39, 0.29) is 18.6 Å². The lowest BCUT2D eigenvalue weighted by atomic mass is 10.1. The van der Waals surface area contributed by atoms with Crippen LogP contribution in [0.25, 0.3) is 0 Å². The fourth-order valence-electron chi connectivity index (χ4n) is 1.98. The van der Waals surface area contributed by atoms with Crippen molar-refractivity contribution in [1.82, 2.24) is 5.32 Å². The van der Waals surface area contributed by atoms with Crippen LogP contribution < -0.4 is 5.32 Å². The molecule has 0 spiro atoms. The van der Waals surface area contributed by atoms with E-state index in [1.165, 1.54) is 0 Å². The van der Waals surface area contributed by atoms with E-state index in [1.54, 1.807) is 12.2 Å². The zero-order valence-corrected chi connectivity index (χ0v) is 15.3. The summed E-state index contributed by atoms with van der Waals surface area (Å²) < 4.78 is 11.1. The summed E-state index contributed by atoms with van der Waals surface area (Å²) in [4.78, 5) is 34.7. The molecule has 1 heterocycles. The van der Waals surface area contributed by atoms with E-state index in [4.69, 9.17) is 9.47 Å². The third-order valence-electron chi connectivity index (χ3n) is 3.25. The Balaban J connectivity index is 2.23. The van der Waals surface area contributed by atoms with Gasteiger partial charge in [0, 0.05) is 17.3 Å². The molecule has 0 aromatic rings. The van der Waals surface area contributed by atoms with E-state index < -0.39 is 17.9 Å². The molecule has 0 saturated carbocycles. The Bertz CT molecular complexity index is 553. The standard InChI is InChI=1S/C17H22BrNO5/c1-3-12(18)10-14(4-2)23-8-5-6-13(20)11-16(21)19-15-7-9-24-17(15)22/h3-4,10,15H,2,5-9,11H2,1H3,(H,19,21)/b12-3+,14-10+/t15-/m0/s1. The van der Waals surface area contributed by atoms with Crippen molar-refractivity contribution in [2.75, 3.05) is 13.2 Å². The highest BCUT2D eigenvalue weighted by Crippen LogP contribution is 2.12. The normalized spacial score (nSPS) is 18.1. The van der Waals surface area contributed by atoms with Crippen LogP contribution in [0.5, 0.6) is 0 Å². The number of ketones is 1. The van der Waals surface area contributed by atoms with Gasteiger partial charge in [0.15, 0.2) is 0 Å². The maximum absolute atomic E-state index is 11.8. The van der Waals surface area contributed by atoms with Crippen LogP contribution in [0.4, 0.5) is 0 Å². The fourth-order valence-corrected chi connectivity index (χ4v) is 2.20. The Kier molecular flexibility index (Phi) is 9.07. The highest BCUT2D eigenvalue weighted by atomic mass is 79.9. The Hall–Kier alpha value is -1.89. The van der Waals surface area contributed by atoms with Crippen LogP contribution in [0, 0.1) is 0 Å². The van der Waals surface area contributed by atoms with Crippen molar-refractivity contribution in [2.24, 2.45) is 0 Å². The van der Waals surface area contributed by atoms with E-state index >= 15 is 0 Å². The largest absolute Gasteiger partial charge is 0.494 e. The third-order valence-corrected chi connectivity index (χ3v) is 3.94. The molecule has 0 bridgehead atoms. The number of hydrogen-bond acceptors (Lipinski definition) is 5. The van der Waals surface area contributed by atoms with Gasteiger partial charge in [-0.15, -0.1) is 0 Å². The number of ether oxygens (including phenoxy) is 2. The third kappa shape index (κ3) is 7.59. The van der Waals surface area contributed by atoms with Crippen LogP contribution >= 0.6 is 15.9 Å². The molecule has 1 rings (SSSR count). The number of nitrogens with one attached hydrogen (secondary N) is 1. The predicted octanol–water partition coefficient (Wildman–Crippen LogP) is 2.54. The van der Waals surface area contributed by atoms with Crippen LogP contribution in [-0.4, -0.2) is 36.9 Å². The van der Waals surface area contributed by atoms with Gasteiger partial charge in [0.1, 0.15) is 17.6 Å². The molecule has 7 heteroatoms. The number of allylic oxidation sites excluding steroid dienone is 4. The number of esters is 1. The molecule has 1 aliphatic heterocycles. The van der Waals surface area contributed by atoms with Gasteiger partial charge in [-0.05, 0) is 25.5 Å². The predicted molar refractivity (Wildman–Crippen MR) is 93.3 cm³/mol. The molecule has 24 heavy (non-hydrogen) atoms. The Labute approximate surface area is 150 Å². The summed E-state index contributed by atoms with van der Waals surface area (Å²) in [5, 5.41) is 2.51. The lowest BCUT2D eigenvalue weighted by Crippen LogP contribution is -2.38. The van der Waals surface area contributed by atoms with Crippen molar-refractivity contribution in [3.8, 4) is 0 Å².